The Balaban J connectivity index is 1.95. The number of likely N-dealkylation sites (tertiary alicyclic amines) is 1. The van der Waals surface area contributed by atoms with E-state index in [1.807, 2.05) is 6.92 Å². The fourth-order valence-electron chi connectivity index (χ4n) is 3.18. The number of rotatable bonds is 0. The lowest BCUT2D eigenvalue weighted by Gasteiger charge is -2.46. The molecule has 7 heteroatoms. The van der Waals surface area contributed by atoms with Crippen LogP contribution >= 0.6 is 22.9 Å². The highest BCUT2D eigenvalue weighted by Crippen LogP contribution is 2.50. The van der Waals surface area contributed by atoms with Crippen molar-refractivity contribution in [1.29, 1.82) is 0 Å². The molecule has 1 saturated heterocycles. The number of piperidine rings is 1. The van der Waals surface area contributed by atoms with Crippen LogP contribution in [0.4, 0.5) is 9.18 Å². The van der Waals surface area contributed by atoms with Crippen LogP contribution in [0.5, 0.6) is 0 Å². The van der Waals surface area contributed by atoms with E-state index in [4.69, 9.17) is 21.4 Å². The number of carbonyl (C=O) groups is 1. The standard InChI is InChI=1S/C13H15ClFNO3S/c1-7-5-13(2-3-16(7)12(17)18)11-8(4-10(14)20-11)9(15)6-19-13/h4,7,9H,2-3,5-6H2,1H3,(H,17,18)/t7-,9?,13+/m0/s1. The van der Waals surface area contributed by atoms with Crippen molar-refractivity contribution in [2.75, 3.05) is 13.2 Å². The maximum Gasteiger partial charge on any atom is 0.407 e. The van der Waals surface area contributed by atoms with Gasteiger partial charge in [0.25, 0.3) is 0 Å². The monoisotopic (exact) mass is 319 g/mol. The largest absolute Gasteiger partial charge is 0.465 e. The third-order valence-corrected chi connectivity index (χ3v) is 5.61. The lowest BCUT2D eigenvalue weighted by molar-refractivity contribution is -0.123. The average molecular weight is 320 g/mol. The summed E-state index contributed by atoms with van der Waals surface area (Å²) in [4.78, 5) is 13.4. The summed E-state index contributed by atoms with van der Waals surface area (Å²) in [5.41, 5.74) is 0.0309. The Labute approximate surface area is 125 Å². The molecule has 0 radical (unpaired) electrons. The molecule has 110 valence electrons. The van der Waals surface area contributed by atoms with Gasteiger partial charge in [-0.25, -0.2) is 9.18 Å². The Kier molecular flexibility index (Phi) is 3.43. The molecule has 0 bridgehead atoms. The Morgan fingerprint density at radius 1 is 1.70 bits per heavy atom. The summed E-state index contributed by atoms with van der Waals surface area (Å²) in [6.07, 6.45) is -0.987. The third kappa shape index (κ3) is 2.10. The van der Waals surface area contributed by atoms with Gasteiger partial charge in [0.1, 0.15) is 11.8 Å². The van der Waals surface area contributed by atoms with E-state index >= 15 is 0 Å². The second-order valence-electron chi connectivity index (χ2n) is 5.39. The summed E-state index contributed by atoms with van der Waals surface area (Å²) < 4.78 is 20.3. The molecule has 3 atom stereocenters. The van der Waals surface area contributed by atoms with Crippen molar-refractivity contribution in [3.8, 4) is 0 Å². The number of amides is 1. The molecule has 20 heavy (non-hydrogen) atoms. The second kappa shape index (κ2) is 4.86. The lowest BCUT2D eigenvalue weighted by Crippen LogP contribution is -2.52. The first-order chi connectivity index (χ1) is 9.43. The van der Waals surface area contributed by atoms with E-state index in [1.54, 1.807) is 6.07 Å². The van der Waals surface area contributed by atoms with Gasteiger partial charge in [-0.2, -0.15) is 0 Å². The van der Waals surface area contributed by atoms with Gasteiger partial charge in [0.05, 0.1) is 10.9 Å². The fourth-order valence-corrected chi connectivity index (χ4v) is 4.65. The number of hydrogen-bond donors (Lipinski definition) is 1. The van der Waals surface area contributed by atoms with Gasteiger partial charge in [-0.15, -0.1) is 11.3 Å². The summed E-state index contributed by atoms with van der Waals surface area (Å²) in [5, 5.41) is 9.14. The van der Waals surface area contributed by atoms with Crippen LogP contribution in [0.2, 0.25) is 4.34 Å². The van der Waals surface area contributed by atoms with Gasteiger partial charge < -0.3 is 14.7 Å². The topological polar surface area (TPSA) is 49.8 Å². The van der Waals surface area contributed by atoms with E-state index in [-0.39, 0.29) is 12.6 Å². The van der Waals surface area contributed by atoms with Crippen LogP contribution in [0.3, 0.4) is 0 Å². The predicted molar refractivity (Wildman–Crippen MR) is 74.2 cm³/mol. The minimum Gasteiger partial charge on any atom is -0.465 e. The predicted octanol–water partition coefficient (Wildman–Crippen LogP) is 3.80. The van der Waals surface area contributed by atoms with E-state index in [1.165, 1.54) is 16.2 Å². The van der Waals surface area contributed by atoms with Gasteiger partial charge in [0.2, 0.25) is 0 Å². The number of nitrogens with zero attached hydrogens (tertiary/aromatic N) is 1. The van der Waals surface area contributed by atoms with Crippen molar-refractivity contribution in [3.05, 3.63) is 20.8 Å². The van der Waals surface area contributed by atoms with Gasteiger partial charge >= 0.3 is 6.09 Å². The second-order valence-corrected chi connectivity index (χ2v) is 7.07. The van der Waals surface area contributed by atoms with Crippen LogP contribution in [0, 0.1) is 0 Å². The molecular weight excluding hydrogens is 305 g/mol. The van der Waals surface area contributed by atoms with Crippen molar-refractivity contribution in [3.63, 3.8) is 0 Å². The number of hydrogen-bond acceptors (Lipinski definition) is 3. The van der Waals surface area contributed by atoms with Crippen LogP contribution in [0.25, 0.3) is 0 Å². The number of ether oxygens (including phenoxy) is 1. The summed E-state index contributed by atoms with van der Waals surface area (Å²) in [7, 11) is 0. The molecule has 0 aromatic carbocycles. The zero-order valence-corrected chi connectivity index (χ0v) is 12.5. The molecule has 0 saturated carbocycles. The highest BCUT2D eigenvalue weighted by molar-refractivity contribution is 7.16. The van der Waals surface area contributed by atoms with E-state index < -0.39 is 17.9 Å². The van der Waals surface area contributed by atoms with E-state index in [0.717, 1.165) is 4.88 Å². The summed E-state index contributed by atoms with van der Waals surface area (Å²) in [6, 6.07) is 1.51. The SMILES string of the molecule is C[C@H]1C[C@@]2(CCN1C(=O)O)OCC(F)c1cc(Cl)sc12. The van der Waals surface area contributed by atoms with E-state index in [0.29, 0.717) is 29.3 Å². The molecule has 3 rings (SSSR count). The first-order valence-corrected chi connectivity index (χ1v) is 7.70. The van der Waals surface area contributed by atoms with Crippen LogP contribution in [-0.4, -0.2) is 35.3 Å². The first kappa shape index (κ1) is 14.1. The Morgan fingerprint density at radius 2 is 2.45 bits per heavy atom. The van der Waals surface area contributed by atoms with Crippen molar-refractivity contribution in [1.82, 2.24) is 4.90 Å². The number of fused-ring (bicyclic) bond motifs is 2. The molecule has 4 nitrogen and oxygen atoms in total. The van der Waals surface area contributed by atoms with Crippen molar-refractivity contribution in [2.45, 2.75) is 37.6 Å². The fraction of sp³-hybridized carbons (Fsp3) is 0.615. The van der Waals surface area contributed by atoms with Crippen LogP contribution in [0.1, 0.15) is 36.4 Å². The van der Waals surface area contributed by atoms with Crippen LogP contribution in [-0.2, 0) is 10.3 Å². The van der Waals surface area contributed by atoms with Crippen molar-refractivity contribution >= 4 is 29.0 Å². The Hall–Kier alpha value is -0.850. The van der Waals surface area contributed by atoms with Crippen molar-refractivity contribution in [2.24, 2.45) is 0 Å². The summed E-state index contributed by atoms with van der Waals surface area (Å²) in [5.74, 6) is 0. The maximum atomic E-state index is 13.9. The highest BCUT2D eigenvalue weighted by atomic mass is 35.5. The molecule has 1 spiro atoms. The number of alkyl halides is 1. The molecule has 0 aliphatic carbocycles. The number of carboxylic acid groups (broad SMARTS) is 1. The molecule has 2 aliphatic rings. The summed E-state index contributed by atoms with van der Waals surface area (Å²) in [6.45, 7) is 2.26. The van der Waals surface area contributed by atoms with Crippen molar-refractivity contribution < 1.29 is 19.0 Å². The molecule has 1 aromatic heterocycles. The van der Waals surface area contributed by atoms with E-state index in [9.17, 15) is 9.18 Å². The van der Waals surface area contributed by atoms with Gasteiger partial charge in [0.15, 0.2) is 0 Å². The number of halogens is 2. The third-order valence-electron chi connectivity index (χ3n) is 4.15. The average Bonchev–Trinajstić information content (AvgIpc) is 2.78. The lowest BCUT2D eigenvalue weighted by atomic mass is 9.82. The Bertz CT molecular complexity index is 552. The maximum absolute atomic E-state index is 13.9. The minimum atomic E-state index is -1.15. The molecule has 1 N–H and O–H groups in total. The number of thiophene rings is 1. The molecule has 3 heterocycles. The van der Waals surface area contributed by atoms with Gasteiger partial charge in [-0.3, -0.25) is 0 Å². The van der Waals surface area contributed by atoms with Crippen LogP contribution in [0.15, 0.2) is 6.07 Å². The van der Waals surface area contributed by atoms with Gasteiger partial charge in [0, 0.05) is 29.4 Å². The summed E-state index contributed by atoms with van der Waals surface area (Å²) >= 11 is 7.37. The minimum absolute atomic E-state index is 0.0137. The van der Waals surface area contributed by atoms with Gasteiger partial charge in [-0.1, -0.05) is 11.6 Å². The van der Waals surface area contributed by atoms with E-state index in [2.05, 4.69) is 0 Å². The molecule has 2 aliphatic heterocycles. The first-order valence-electron chi connectivity index (χ1n) is 6.50. The molecule has 1 aromatic rings. The quantitative estimate of drug-likeness (QED) is 0.791. The molecule has 1 unspecified atom stereocenters. The van der Waals surface area contributed by atoms with Gasteiger partial charge in [-0.05, 0) is 19.4 Å². The normalized spacial score (nSPS) is 33.2. The molecule has 1 amide bonds. The molecule has 1 fully saturated rings. The molecular formula is C13H15ClFNO3S. The zero-order valence-electron chi connectivity index (χ0n) is 10.9. The highest BCUT2D eigenvalue weighted by Gasteiger charge is 2.48. The van der Waals surface area contributed by atoms with Crippen LogP contribution < -0.4 is 0 Å². The smallest absolute Gasteiger partial charge is 0.407 e. The zero-order chi connectivity index (χ0) is 14.5. The Morgan fingerprint density at radius 3 is 3.10 bits per heavy atom.